The van der Waals surface area contributed by atoms with Gasteiger partial charge < -0.3 is 5.32 Å². The Morgan fingerprint density at radius 3 is 2.75 bits per heavy atom. The summed E-state index contributed by atoms with van der Waals surface area (Å²) >= 11 is 0. The number of tetrazole rings is 1. The first-order chi connectivity index (χ1) is 9.74. The van der Waals surface area contributed by atoms with E-state index >= 15 is 0 Å². The van der Waals surface area contributed by atoms with Gasteiger partial charge in [-0.05, 0) is 60.5 Å². The molecule has 1 aromatic heterocycles. The molecule has 1 N–H and O–H groups in total. The SMILES string of the molecule is Fc1ccc(-c2nnnn2CC2CCNCC2)cc1F. The monoisotopic (exact) mass is 279 g/mol. The van der Waals surface area contributed by atoms with Gasteiger partial charge in [0.15, 0.2) is 17.5 Å². The smallest absolute Gasteiger partial charge is 0.182 e. The molecule has 2 heterocycles. The van der Waals surface area contributed by atoms with Gasteiger partial charge in [-0.1, -0.05) is 0 Å². The minimum absolute atomic E-state index is 0.474. The van der Waals surface area contributed by atoms with Crippen molar-refractivity contribution in [2.45, 2.75) is 19.4 Å². The zero-order chi connectivity index (χ0) is 13.9. The third kappa shape index (κ3) is 2.67. The second-order valence-electron chi connectivity index (χ2n) is 5.01. The highest BCUT2D eigenvalue weighted by Gasteiger charge is 2.18. The molecular formula is C13H15F2N5. The highest BCUT2D eigenvalue weighted by Crippen LogP contribution is 2.21. The van der Waals surface area contributed by atoms with Crippen molar-refractivity contribution in [3.8, 4) is 11.4 Å². The molecular weight excluding hydrogens is 264 g/mol. The Balaban J connectivity index is 1.83. The van der Waals surface area contributed by atoms with E-state index in [1.54, 1.807) is 4.68 Å². The van der Waals surface area contributed by atoms with Gasteiger partial charge in [0.2, 0.25) is 0 Å². The first-order valence-electron chi connectivity index (χ1n) is 6.66. The number of nitrogens with zero attached hydrogens (tertiary/aromatic N) is 4. The van der Waals surface area contributed by atoms with E-state index in [4.69, 9.17) is 0 Å². The standard InChI is InChI=1S/C13H15F2N5/c14-11-2-1-10(7-12(11)15)13-17-18-19-20(13)8-9-3-5-16-6-4-9/h1-2,7,9,16H,3-6,8H2. The van der Waals surface area contributed by atoms with E-state index in [2.05, 4.69) is 20.8 Å². The molecule has 1 aliphatic heterocycles. The molecule has 0 aliphatic carbocycles. The largest absolute Gasteiger partial charge is 0.317 e. The van der Waals surface area contributed by atoms with E-state index in [1.165, 1.54) is 6.07 Å². The lowest BCUT2D eigenvalue weighted by Crippen LogP contribution is -2.30. The van der Waals surface area contributed by atoms with E-state index in [9.17, 15) is 8.78 Å². The second kappa shape index (κ2) is 5.62. The Morgan fingerprint density at radius 1 is 1.20 bits per heavy atom. The Hall–Kier alpha value is -1.89. The maximum atomic E-state index is 13.3. The number of hydrogen-bond acceptors (Lipinski definition) is 4. The van der Waals surface area contributed by atoms with Crippen molar-refractivity contribution in [2.75, 3.05) is 13.1 Å². The molecule has 0 atom stereocenters. The molecule has 0 bridgehead atoms. The van der Waals surface area contributed by atoms with Crippen LogP contribution in [0.3, 0.4) is 0 Å². The fourth-order valence-electron chi connectivity index (χ4n) is 2.48. The van der Waals surface area contributed by atoms with Crippen LogP contribution in [0.5, 0.6) is 0 Å². The molecule has 1 aliphatic rings. The quantitative estimate of drug-likeness (QED) is 0.927. The summed E-state index contributed by atoms with van der Waals surface area (Å²) in [5.41, 5.74) is 0.489. The summed E-state index contributed by atoms with van der Waals surface area (Å²) in [7, 11) is 0. The molecule has 0 amide bonds. The van der Waals surface area contributed by atoms with Crippen molar-refractivity contribution in [3.63, 3.8) is 0 Å². The molecule has 0 unspecified atom stereocenters. The Kier molecular flexibility index (Phi) is 3.68. The van der Waals surface area contributed by atoms with Crippen molar-refractivity contribution in [2.24, 2.45) is 5.92 Å². The summed E-state index contributed by atoms with van der Waals surface area (Å²) in [5, 5.41) is 14.8. The average Bonchev–Trinajstić information content (AvgIpc) is 2.91. The zero-order valence-electron chi connectivity index (χ0n) is 10.9. The number of rotatable bonds is 3. The third-order valence-electron chi connectivity index (χ3n) is 3.60. The lowest BCUT2D eigenvalue weighted by Gasteiger charge is -2.22. The molecule has 1 saturated heterocycles. The number of benzene rings is 1. The van der Waals surface area contributed by atoms with Crippen molar-refractivity contribution in [1.82, 2.24) is 25.5 Å². The molecule has 0 radical (unpaired) electrons. The lowest BCUT2D eigenvalue weighted by atomic mass is 9.98. The summed E-state index contributed by atoms with van der Waals surface area (Å²) in [6, 6.07) is 3.71. The zero-order valence-corrected chi connectivity index (χ0v) is 10.9. The predicted octanol–water partition coefficient (Wildman–Crippen LogP) is 1.62. The number of aromatic nitrogens is 4. The Bertz CT molecular complexity index is 592. The normalized spacial score (nSPS) is 16.5. The van der Waals surface area contributed by atoms with Gasteiger partial charge in [0, 0.05) is 12.1 Å². The molecule has 1 fully saturated rings. The molecule has 0 saturated carbocycles. The van der Waals surface area contributed by atoms with Crippen LogP contribution in [0.25, 0.3) is 11.4 Å². The van der Waals surface area contributed by atoms with Crippen LogP contribution in [0.15, 0.2) is 18.2 Å². The van der Waals surface area contributed by atoms with E-state index in [0.717, 1.165) is 38.1 Å². The second-order valence-corrected chi connectivity index (χ2v) is 5.01. The minimum Gasteiger partial charge on any atom is -0.317 e. The fourth-order valence-corrected chi connectivity index (χ4v) is 2.48. The number of hydrogen-bond donors (Lipinski definition) is 1. The van der Waals surface area contributed by atoms with E-state index in [-0.39, 0.29) is 0 Å². The van der Waals surface area contributed by atoms with Gasteiger partial charge in [-0.15, -0.1) is 5.10 Å². The van der Waals surface area contributed by atoms with Gasteiger partial charge in [0.25, 0.3) is 0 Å². The van der Waals surface area contributed by atoms with E-state index in [0.29, 0.717) is 23.9 Å². The van der Waals surface area contributed by atoms with Crippen molar-refractivity contribution in [3.05, 3.63) is 29.8 Å². The van der Waals surface area contributed by atoms with Crippen LogP contribution in [-0.2, 0) is 6.54 Å². The highest BCUT2D eigenvalue weighted by atomic mass is 19.2. The van der Waals surface area contributed by atoms with Crippen LogP contribution in [0.4, 0.5) is 8.78 Å². The van der Waals surface area contributed by atoms with Crippen LogP contribution in [0, 0.1) is 17.6 Å². The first kappa shape index (κ1) is 13.1. The molecule has 20 heavy (non-hydrogen) atoms. The van der Waals surface area contributed by atoms with Crippen molar-refractivity contribution in [1.29, 1.82) is 0 Å². The van der Waals surface area contributed by atoms with E-state index in [1.807, 2.05) is 0 Å². The van der Waals surface area contributed by atoms with Gasteiger partial charge in [-0.3, -0.25) is 0 Å². The van der Waals surface area contributed by atoms with Crippen LogP contribution >= 0.6 is 0 Å². The molecule has 106 valence electrons. The van der Waals surface area contributed by atoms with Crippen LogP contribution in [-0.4, -0.2) is 33.3 Å². The summed E-state index contributed by atoms with van der Waals surface area (Å²) in [5.74, 6) is -0.781. The summed E-state index contributed by atoms with van der Waals surface area (Å²) in [4.78, 5) is 0. The number of piperidine rings is 1. The number of halogens is 2. The van der Waals surface area contributed by atoms with Crippen LogP contribution in [0.2, 0.25) is 0 Å². The topological polar surface area (TPSA) is 55.6 Å². The van der Waals surface area contributed by atoms with Crippen LogP contribution < -0.4 is 5.32 Å². The summed E-state index contributed by atoms with van der Waals surface area (Å²) in [6.07, 6.45) is 2.13. The van der Waals surface area contributed by atoms with Gasteiger partial charge >= 0.3 is 0 Å². The maximum absolute atomic E-state index is 13.3. The highest BCUT2D eigenvalue weighted by molar-refractivity contribution is 5.54. The average molecular weight is 279 g/mol. The first-order valence-corrected chi connectivity index (χ1v) is 6.66. The Morgan fingerprint density at radius 2 is 2.00 bits per heavy atom. The van der Waals surface area contributed by atoms with Gasteiger partial charge in [-0.25, -0.2) is 13.5 Å². The number of nitrogens with one attached hydrogen (secondary N) is 1. The molecule has 1 aromatic carbocycles. The molecule has 7 heteroatoms. The van der Waals surface area contributed by atoms with Gasteiger partial charge in [0.05, 0.1) is 0 Å². The van der Waals surface area contributed by atoms with Gasteiger partial charge in [-0.2, -0.15) is 0 Å². The summed E-state index contributed by atoms with van der Waals surface area (Å²) in [6.45, 7) is 2.68. The molecule has 0 spiro atoms. The van der Waals surface area contributed by atoms with E-state index < -0.39 is 11.6 Å². The van der Waals surface area contributed by atoms with Crippen molar-refractivity contribution >= 4 is 0 Å². The lowest BCUT2D eigenvalue weighted by molar-refractivity contribution is 0.320. The molecule has 2 aromatic rings. The molecule has 3 rings (SSSR count). The van der Waals surface area contributed by atoms with Crippen LogP contribution in [0.1, 0.15) is 12.8 Å². The van der Waals surface area contributed by atoms with Gasteiger partial charge in [0.1, 0.15) is 0 Å². The third-order valence-corrected chi connectivity index (χ3v) is 3.60. The summed E-state index contributed by atoms with van der Waals surface area (Å²) < 4.78 is 27.9. The molecule has 5 nitrogen and oxygen atoms in total. The van der Waals surface area contributed by atoms with Crippen molar-refractivity contribution < 1.29 is 8.78 Å². The minimum atomic E-state index is -0.890. The fraction of sp³-hybridized carbons (Fsp3) is 0.462. The predicted molar refractivity (Wildman–Crippen MR) is 68.8 cm³/mol. The Labute approximate surface area is 115 Å². The maximum Gasteiger partial charge on any atom is 0.182 e.